The molecule has 0 spiro atoms. The Morgan fingerprint density at radius 2 is 0.927 bits per heavy atom. The van der Waals surface area contributed by atoms with Gasteiger partial charge in [-0.3, -0.25) is 0 Å². The molecule has 0 aromatic heterocycles. The van der Waals surface area contributed by atoms with Crippen molar-refractivity contribution in [2.75, 3.05) is 13.2 Å². The zero-order valence-corrected chi connectivity index (χ0v) is 26.5. The number of benzene rings is 2. The summed E-state index contributed by atoms with van der Waals surface area (Å²) in [4.78, 5) is 0. The first-order valence-corrected chi connectivity index (χ1v) is 17.3. The molecular weight excluding hydrogens is 496 g/mol. The topological polar surface area (TPSA) is 9.23 Å². The van der Waals surface area contributed by atoms with Gasteiger partial charge in [0.2, 0.25) is 0 Å². The molecule has 0 aliphatic heterocycles. The van der Waals surface area contributed by atoms with E-state index in [1.54, 1.807) is 0 Å². The smallest absolute Gasteiger partial charge is 0.0681 e. The van der Waals surface area contributed by atoms with Crippen molar-refractivity contribution in [1.82, 2.24) is 0 Å². The molecule has 0 heterocycles. The van der Waals surface area contributed by atoms with Gasteiger partial charge < -0.3 is 4.74 Å². The SMILES string of the molecule is CCCCCc1ccc(CCC2CC=C(COCC3=CCC(CCc4ccc(CCCCC)cc4)CC3)CC2)cc1. The molecule has 0 saturated heterocycles. The minimum atomic E-state index is 0.835. The lowest BCUT2D eigenvalue weighted by Gasteiger charge is -2.24. The highest BCUT2D eigenvalue weighted by molar-refractivity contribution is 5.24. The van der Waals surface area contributed by atoms with Gasteiger partial charge in [-0.2, -0.15) is 0 Å². The van der Waals surface area contributed by atoms with Gasteiger partial charge in [0.25, 0.3) is 0 Å². The Bertz CT molecular complexity index is 956. The minimum absolute atomic E-state index is 0.835. The molecule has 0 fully saturated rings. The van der Waals surface area contributed by atoms with Gasteiger partial charge in [-0.15, -0.1) is 0 Å². The van der Waals surface area contributed by atoms with Gasteiger partial charge in [0.05, 0.1) is 13.2 Å². The predicted octanol–water partition coefficient (Wildman–Crippen LogP) is 11.2. The fourth-order valence-corrected chi connectivity index (χ4v) is 6.63. The molecule has 0 saturated carbocycles. The van der Waals surface area contributed by atoms with Crippen LogP contribution in [-0.2, 0) is 30.4 Å². The maximum atomic E-state index is 6.20. The van der Waals surface area contributed by atoms with E-state index >= 15 is 0 Å². The summed E-state index contributed by atoms with van der Waals surface area (Å²) in [6, 6.07) is 18.9. The van der Waals surface area contributed by atoms with Crippen LogP contribution >= 0.6 is 0 Å². The predicted molar refractivity (Wildman–Crippen MR) is 178 cm³/mol. The van der Waals surface area contributed by atoms with Gasteiger partial charge in [0, 0.05) is 0 Å². The zero-order valence-electron chi connectivity index (χ0n) is 26.5. The molecule has 1 heteroatoms. The van der Waals surface area contributed by atoms with E-state index in [1.807, 2.05) is 0 Å². The Balaban J connectivity index is 1.06. The standard InChI is InChI=1S/C40H58O/c1-3-5-7-9-33-11-15-35(16-12-33)19-21-37-23-27-39(28-24-37)31-41-32-40-29-25-38(26-30-40)22-20-36-17-13-34(14-18-36)10-8-6-4-2/h11-18,27,29,37-38H,3-10,19-26,28,30-32H2,1-2H3. The molecule has 2 atom stereocenters. The maximum absolute atomic E-state index is 6.20. The van der Waals surface area contributed by atoms with E-state index in [4.69, 9.17) is 4.74 Å². The summed E-state index contributed by atoms with van der Waals surface area (Å²) in [5.41, 5.74) is 9.09. The normalized spacial score (nSPS) is 19.2. The van der Waals surface area contributed by atoms with Gasteiger partial charge in [-0.1, -0.05) is 100 Å². The van der Waals surface area contributed by atoms with Gasteiger partial charge in [-0.05, 0) is 135 Å². The first-order valence-electron chi connectivity index (χ1n) is 17.3. The molecule has 224 valence electrons. The minimum Gasteiger partial charge on any atom is -0.373 e. The van der Waals surface area contributed by atoms with Crippen LogP contribution in [-0.4, -0.2) is 13.2 Å². The number of unbranched alkanes of at least 4 members (excludes halogenated alkanes) is 4. The van der Waals surface area contributed by atoms with E-state index in [-0.39, 0.29) is 0 Å². The summed E-state index contributed by atoms with van der Waals surface area (Å²) in [5.74, 6) is 1.68. The Morgan fingerprint density at radius 3 is 1.27 bits per heavy atom. The molecule has 0 N–H and O–H groups in total. The second-order valence-corrected chi connectivity index (χ2v) is 13.1. The van der Waals surface area contributed by atoms with E-state index in [9.17, 15) is 0 Å². The molecular formula is C40H58O. The summed E-state index contributed by atoms with van der Waals surface area (Å²) < 4.78 is 6.20. The molecule has 2 aliphatic carbocycles. The van der Waals surface area contributed by atoms with Crippen LogP contribution in [0.1, 0.15) is 126 Å². The molecule has 0 amide bonds. The Kier molecular flexibility index (Phi) is 14.3. The van der Waals surface area contributed by atoms with Crippen molar-refractivity contribution in [3.63, 3.8) is 0 Å². The van der Waals surface area contributed by atoms with Crippen LogP contribution in [0.15, 0.2) is 71.8 Å². The van der Waals surface area contributed by atoms with E-state index < -0.39 is 0 Å². The number of hydrogen-bond acceptors (Lipinski definition) is 1. The fourth-order valence-electron chi connectivity index (χ4n) is 6.63. The van der Waals surface area contributed by atoms with Gasteiger partial charge in [0.15, 0.2) is 0 Å². The lowest BCUT2D eigenvalue weighted by molar-refractivity contribution is 0.169. The molecule has 1 nitrogen and oxygen atoms in total. The van der Waals surface area contributed by atoms with E-state index in [2.05, 4.69) is 74.5 Å². The number of hydrogen-bond donors (Lipinski definition) is 0. The highest BCUT2D eigenvalue weighted by atomic mass is 16.5. The number of rotatable bonds is 18. The molecule has 41 heavy (non-hydrogen) atoms. The largest absolute Gasteiger partial charge is 0.373 e. The second-order valence-electron chi connectivity index (χ2n) is 13.1. The van der Waals surface area contributed by atoms with E-state index in [0.29, 0.717) is 0 Å². The molecule has 0 radical (unpaired) electrons. The second kappa shape index (κ2) is 18.4. The van der Waals surface area contributed by atoms with Crippen LogP contribution in [0.25, 0.3) is 0 Å². The molecule has 2 unspecified atom stereocenters. The first-order chi connectivity index (χ1) is 20.2. The van der Waals surface area contributed by atoms with Crippen molar-refractivity contribution in [2.24, 2.45) is 11.8 Å². The van der Waals surface area contributed by atoms with Gasteiger partial charge in [0.1, 0.15) is 0 Å². The van der Waals surface area contributed by atoms with Crippen LogP contribution in [0, 0.1) is 11.8 Å². The zero-order chi connectivity index (χ0) is 28.5. The van der Waals surface area contributed by atoms with Crippen molar-refractivity contribution in [3.8, 4) is 0 Å². The molecule has 4 rings (SSSR count). The number of allylic oxidation sites excluding steroid dienone is 2. The van der Waals surface area contributed by atoms with E-state index in [0.717, 1.165) is 25.0 Å². The lowest BCUT2D eigenvalue weighted by atomic mass is 9.85. The molecule has 2 aromatic carbocycles. The van der Waals surface area contributed by atoms with Crippen molar-refractivity contribution in [2.45, 2.75) is 129 Å². The van der Waals surface area contributed by atoms with Crippen LogP contribution in [0.4, 0.5) is 0 Å². The van der Waals surface area contributed by atoms with Crippen molar-refractivity contribution in [3.05, 3.63) is 94.1 Å². The third-order valence-corrected chi connectivity index (χ3v) is 9.67. The summed E-state index contributed by atoms with van der Waals surface area (Å²) >= 11 is 0. The van der Waals surface area contributed by atoms with Crippen LogP contribution in [0.5, 0.6) is 0 Å². The third-order valence-electron chi connectivity index (χ3n) is 9.67. The molecule has 2 aliphatic rings. The number of ether oxygens (including phenoxy) is 1. The highest BCUT2D eigenvalue weighted by Crippen LogP contribution is 2.30. The Labute approximate surface area is 252 Å². The summed E-state index contributed by atoms with van der Waals surface area (Å²) in [5, 5.41) is 0. The Hall–Kier alpha value is -2.12. The lowest BCUT2D eigenvalue weighted by Crippen LogP contribution is -2.13. The van der Waals surface area contributed by atoms with Crippen LogP contribution in [0.2, 0.25) is 0 Å². The summed E-state index contributed by atoms with van der Waals surface area (Å²) in [7, 11) is 0. The van der Waals surface area contributed by atoms with Crippen molar-refractivity contribution >= 4 is 0 Å². The quantitative estimate of drug-likeness (QED) is 0.131. The molecule has 0 bridgehead atoms. The average Bonchev–Trinajstić information content (AvgIpc) is 3.02. The highest BCUT2D eigenvalue weighted by Gasteiger charge is 2.17. The van der Waals surface area contributed by atoms with Gasteiger partial charge in [-0.25, -0.2) is 0 Å². The Morgan fingerprint density at radius 1 is 0.537 bits per heavy atom. The number of aryl methyl sites for hydroxylation is 4. The maximum Gasteiger partial charge on any atom is 0.0681 e. The van der Waals surface area contributed by atoms with Crippen molar-refractivity contribution in [1.29, 1.82) is 0 Å². The monoisotopic (exact) mass is 554 g/mol. The average molecular weight is 555 g/mol. The summed E-state index contributed by atoms with van der Waals surface area (Å²) in [6.07, 6.45) is 28.1. The fraction of sp³-hybridized carbons (Fsp3) is 0.600. The van der Waals surface area contributed by atoms with Crippen molar-refractivity contribution < 1.29 is 4.74 Å². The molecule has 2 aromatic rings. The van der Waals surface area contributed by atoms with Gasteiger partial charge >= 0.3 is 0 Å². The van der Waals surface area contributed by atoms with E-state index in [1.165, 1.54) is 149 Å². The first kappa shape index (κ1) is 31.8. The summed E-state index contributed by atoms with van der Waals surface area (Å²) in [6.45, 7) is 6.23. The van der Waals surface area contributed by atoms with Crippen LogP contribution in [0.3, 0.4) is 0 Å². The van der Waals surface area contributed by atoms with Crippen LogP contribution < -0.4 is 0 Å². The third kappa shape index (κ3) is 12.0.